The third kappa shape index (κ3) is 3.46. The van der Waals surface area contributed by atoms with Crippen LogP contribution in [-0.4, -0.2) is 21.8 Å². The number of carbonyl (C=O) groups is 1. The number of benzene rings is 2. The summed E-state index contributed by atoms with van der Waals surface area (Å²) in [5, 5.41) is 22.1. The topological polar surface area (TPSA) is 134 Å². The molecule has 1 aliphatic heterocycles. The number of aliphatic imine (C=N–C) groups is 1. The van der Waals surface area contributed by atoms with Crippen molar-refractivity contribution >= 4 is 29.1 Å². The van der Waals surface area contributed by atoms with E-state index in [9.17, 15) is 25.0 Å². The van der Waals surface area contributed by atoms with Crippen LogP contribution in [0.25, 0.3) is 0 Å². The van der Waals surface area contributed by atoms with Crippen molar-refractivity contribution in [3.63, 3.8) is 0 Å². The van der Waals surface area contributed by atoms with E-state index in [0.29, 0.717) is 22.9 Å². The lowest BCUT2D eigenvalue weighted by atomic mass is 10.0. The standard InChI is InChI=1S/C19H11N3O7/c23-10-11-1-4-14-18(7-11)29-19-9-13(3-5-15(19)20-14)28-17-6-2-12(21(24)25)8-16(17)22(26)27/h1-11H. The third-order valence-corrected chi connectivity index (χ3v) is 4.20. The number of nitro benzene ring substituents is 2. The highest BCUT2D eigenvalue weighted by atomic mass is 16.6. The van der Waals surface area contributed by atoms with Gasteiger partial charge in [0.15, 0.2) is 5.75 Å². The molecular formula is C19H11N3O7. The molecule has 0 fully saturated rings. The van der Waals surface area contributed by atoms with Crippen molar-refractivity contribution in [2.24, 2.45) is 10.9 Å². The van der Waals surface area contributed by atoms with Crippen LogP contribution in [0.1, 0.15) is 0 Å². The van der Waals surface area contributed by atoms with Crippen LogP contribution in [0.2, 0.25) is 0 Å². The Bertz CT molecular complexity index is 1150. The minimum Gasteiger partial charge on any atom is -0.453 e. The molecule has 10 heteroatoms. The van der Waals surface area contributed by atoms with Crippen molar-refractivity contribution < 1.29 is 24.1 Å². The van der Waals surface area contributed by atoms with Gasteiger partial charge in [0.2, 0.25) is 5.75 Å². The molecule has 0 saturated heterocycles. The van der Waals surface area contributed by atoms with E-state index < -0.39 is 27.1 Å². The average Bonchev–Trinajstić information content (AvgIpc) is 2.71. The number of rotatable bonds is 5. The lowest BCUT2D eigenvalue weighted by molar-refractivity contribution is -0.394. The predicted molar refractivity (Wildman–Crippen MR) is 101 cm³/mol. The lowest BCUT2D eigenvalue weighted by Gasteiger charge is -2.21. The molecule has 1 unspecified atom stereocenters. The first-order valence-corrected chi connectivity index (χ1v) is 8.31. The molecule has 4 rings (SSSR count). The smallest absolute Gasteiger partial charge is 0.318 e. The molecule has 0 aromatic heterocycles. The lowest BCUT2D eigenvalue weighted by Crippen LogP contribution is -2.16. The van der Waals surface area contributed by atoms with Crippen molar-refractivity contribution in [1.82, 2.24) is 0 Å². The second kappa shape index (κ2) is 7.00. The number of hydrogen-bond donors (Lipinski definition) is 0. The van der Waals surface area contributed by atoms with Crippen LogP contribution in [0.3, 0.4) is 0 Å². The number of non-ortho nitro benzene ring substituents is 1. The summed E-state index contributed by atoms with van der Waals surface area (Å²) < 4.78 is 11.4. The zero-order valence-corrected chi connectivity index (χ0v) is 14.6. The second-order valence-corrected chi connectivity index (χ2v) is 6.10. The minimum absolute atomic E-state index is 0.151. The van der Waals surface area contributed by atoms with Gasteiger partial charge in [-0.3, -0.25) is 20.2 Å². The summed E-state index contributed by atoms with van der Waals surface area (Å²) in [5.74, 6) is 0.435. The number of nitrogens with zero attached hydrogens (tertiary/aromatic N) is 3. The Morgan fingerprint density at radius 1 is 1.10 bits per heavy atom. The van der Waals surface area contributed by atoms with Crippen molar-refractivity contribution in [3.8, 4) is 17.2 Å². The Kier molecular flexibility index (Phi) is 4.36. The minimum atomic E-state index is -0.757. The highest BCUT2D eigenvalue weighted by Gasteiger charge is 2.24. The van der Waals surface area contributed by atoms with E-state index in [4.69, 9.17) is 9.47 Å². The number of carbonyl (C=O) groups excluding carboxylic acids is 1. The number of aldehydes is 1. The quantitative estimate of drug-likeness (QED) is 0.425. The molecule has 1 heterocycles. The van der Waals surface area contributed by atoms with Crippen molar-refractivity contribution in [3.05, 3.63) is 80.6 Å². The maximum atomic E-state index is 11.3. The SMILES string of the molecule is O=CC1C=CC2=Nc3ccc(Oc4ccc([N+](=O)[O-])cc4[N+](=O)[O-])cc3OC2=C1. The van der Waals surface area contributed by atoms with Gasteiger partial charge in [0.1, 0.15) is 29.2 Å². The van der Waals surface area contributed by atoms with E-state index in [1.165, 1.54) is 6.07 Å². The van der Waals surface area contributed by atoms with Crippen LogP contribution in [0.5, 0.6) is 17.2 Å². The first-order chi connectivity index (χ1) is 13.9. The number of fused-ring (bicyclic) bond motifs is 2. The summed E-state index contributed by atoms with van der Waals surface area (Å²) in [6.45, 7) is 0. The average molecular weight is 393 g/mol. The van der Waals surface area contributed by atoms with Gasteiger partial charge in [0, 0.05) is 12.1 Å². The predicted octanol–water partition coefficient (Wildman–Crippen LogP) is 4.03. The molecule has 2 aromatic carbocycles. The zero-order valence-electron chi connectivity index (χ0n) is 14.6. The Balaban J connectivity index is 1.66. The van der Waals surface area contributed by atoms with Gasteiger partial charge < -0.3 is 14.3 Å². The van der Waals surface area contributed by atoms with Gasteiger partial charge in [-0.15, -0.1) is 0 Å². The van der Waals surface area contributed by atoms with Crippen molar-refractivity contribution in [1.29, 1.82) is 0 Å². The first kappa shape index (κ1) is 18.0. The van der Waals surface area contributed by atoms with Crippen LogP contribution in [0, 0.1) is 26.1 Å². The Labute approximate surface area is 162 Å². The fourth-order valence-corrected chi connectivity index (χ4v) is 2.82. The van der Waals surface area contributed by atoms with Crippen molar-refractivity contribution in [2.45, 2.75) is 0 Å². The zero-order chi connectivity index (χ0) is 20.5. The summed E-state index contributed by atoms with van der Waals surface area (Å²) in [4.78, 5) is 36.0. The highest BCUT2D eigenvalue weighted by molar-refractivity contribution is 6.11. The Morgan fingerprint density at radius 2 is 1.93 bits per heavy atom. The first-order valence-electron chi connectivity index (χ1n) is 8.31. The summed E-state index contributed by atoms with van der Waals surface area (Å²) in [6, 6.07) is 7.77. The molecule has 29 heavy (non-hydrogen) atoms. The van der Waals surface area contributed by atoms with Crippen LogP contribution < -0.4 is 9.47 Å². The summed E-state index contributed by atoms with van der Waals surface area (Å²) in [6.07, 6.45) is 5.80. The van der Waals surface area contributed by atoms with Crippen LogP contribution >= 0.6 is 0 Å². The van der Waals surface area contributed by atoms with Gasteiger partial charge in [-0.1, -0.05) is 6.08 Å². The van der Waals surface area contributed by atoms with Crippen LogP contribution in [0.15, 0.2) is 65.4 Å². The van der Waals surface area contributed by atoms with E-state index in [1.54, 1.807) is 30.4 Å². The summed E-state index contributed by atoms with van der Waals surface area (Å²) in [7, 11) is 0. The maximum absolute atomic E-state index is 11.3. The second-order valence-electron chi connectivity index (χ2n) is 6.10. The molecule has 1 atom stereocenters. The monoisotopic (exact) mass is 393 g/mol. The molecule has 1 aliphatic carbocycles. The van der Waals surface area contributed by atoms with Gasteiger partial charge in [-0.2, -0.15) is 0 Å². The Morgan fingerprint density at radius 3 is 2.66 bits per heavy atom. The van der Waals surface area contributed by atoms with E-state index >= 15 is 0 Å². The molecule has 10 nitrogen and oxygen atoms in total. The molecule has 0 spiro atoms. The number of hydrogen-bond acceptors (Lipinski definition) is 8. The fourth-order valence-electron chi connectivity index (χ4n) is 2.82. The van der Waals surface area contributed by atoms with Gasteiger partial charge in [0.05, 0.1) is 21.8 Å². The van der Waals surface area contributed by atoms with E-state index in [0.717, 1.165) is 24.5 Å². The molecule has 2 aliphatic rings. The van der Waals surface area contributed by atoms with Crippen LogP contribution in [0.4, 0.5) is 17.1 Å². The van der Waals surface area contributed by atoms with E-state index in [2.05, 4.69) is 4.99 Å². The molecule has 144 valence electrons. The molecule has 0 N–H and O–H groups in total. The van der Waals surface area contributed by atoms with Gasteiger partial charge in [-0.25, -0.2) is 4.99 Å². The van der Waals surface area contributed by atoms with E-state index in [1.807, 2.05) is 0 Å². The molecule has 0 saturated carbocycles. The third-order valence-electron chi connectivity index (χ3n) is 4.20. The van der Waals surface area contributed by atoms with Crippen LogP contribution in [-0.2, 0) is 4.79 Å². The molecule has 0 amide bonds. The number of ether oxygens (including phenoxy) is 2. The van der Waals surface area contributed by atoms with Gasteiger partial charge >= 0.3 is 5.69 Å². The molecule has 0 radical (unpaired) electrons. The number of nitro groups is 2. The largest absolute Gasteiger partial charge is 0.453 e. The molecule has 0 bridgehead atoms. The Hall–Kier alpha value is -4.34. The summed E-state index contributed by atoms with van der Waals surface area (Å²) >= 11 is 0. The summed E-state index contributed by atoms with van der Waals surface area (Å²) in [5.41, 5.74) is 0.154. The number of allylic oxidation sites excluding steroid dienone is 3. The van der Waals surface area contributed by atoms with Gasteiger partial charge in [-0.05, 0) is 30.4 Å². The highest BCUT2D eigenvalue weighted by Crippen LogP contribution is 2.41. The normalized spacial score (nSPS) is 16.5. The molecular weight excluding hydrogens is 382 g/mol. The maximum Gasteiger partial charge on any atom is 0.318 e. The van der Waals surface area contributed by atoms with Gasteiger partial charge in [0.25, 0.3) is 5.69 Å². The molecule has 2 aromatic rings. The van der Waals surface area contributed by atoms with E-state index in [-0.39, 0.29) is 11.5 Å². The fraction of sp³-hybridized carbons (Fsp3) is 0.0526. The van der Waals surface area contributed by atoms with Crippen molar-refractivity contribution in [2.75, 3.05) is 0 Å².